The van der Waals surface area contributed by atoms with Gasteiger partial charge in [-0.15, -0.1) is 0 Å². The molecule has 0 aliphatic rings. The minimum absolute atomic E-state index is 0.620. The van der Waals surface area contributed by atoms with Crippen molar-refractivity contribution in [3.63, 3.8) is 0 Å². The molecule has 0 atom stereocenters. The van der Waals surface area contributed by atoms with E-state index in [1.807, 2.05) is 30.3 Å². The smallest absolute Gasteiger partial charge is 0.139 e. The summed E-state index contributed by atoms with van der Waals surface area (Å²) in [7, 11) is 0. The van der Waals surface area contributed by atoms with Crippen LogP contribution in [0.15, 0.2) is 152 Å². The summed E-state index contributed by atoms with van der Waals surface area (Å²) in [6, 6.07) is 55.7. The van der Waals surface area contributed by atoms with Gasteiger partial charge in [0.05, 0.1) is 28.2 Å². The highest BCUT2D eigenvalue weighted by Crippen LogP contribution is 2.39. The summed E-state index contributed by atoms with van der Waals surface area (Å²) in [6.45, 7) is 0. The van der Waals surface area contributed by atoms with Gasteiger partial charge in [0.1, 0.15) is 5.82 Å². The minimum Gasteiger partial charge on any atom is -0.294 e. The zero-order chi connectivity index (χ0) is 29.9. The van der Waals surface area contributed by atoms with Crippen molar-refractivity contribution in [3.8, 4) is 34.1 Å². The number of benzene rings is 7. The Bertz CT molecular complexity index is 2650. The molecule has 2 aromatic heterocycles. The second kappa shape index (κ2) is 9.91. The predicted octanol–water partition coefficient (Wildman–Crippen LogP) is 10.8. The van der Waals surface area contributed by atoms with Gasteiger partial charge in [-0.3, -0.25) is 4.57 Å². The van der Waals surface area contributed by atoms with Crippen LogP contribution in [0.2, 0.25) is 0 Å². The van der Waals surface area contributed by atoms with E-state index in [2.05, 4.69) is 132 Å². The molecular formula is C42H25N3. The second-order valence-corrected chi connectivity index (χ2v) is 11.5. The van der Waals surface area contributed by atoms with Crippen molar-refractivity contribution < 1.29 is 0 Å². The molecule has 3 heteroatoms. The molecule has 0 spiro atoms. The van der Waals surface area contributed by atoms with E-state index in [1.165, 1.54) is 38.1 Å². The molecule has 0 unspecified atom stereocenters. The van der Waals surface area contributed by atoms with Gasteiger partial charge in [0.15, 0.2) is 0 Å². The van der Waals surface area contributed by atoms with Crippen LogP contribution in [0.3, 0.4) is 0 Å². The molecule has 2 heterocycles. The predicted molar refractivity (Wildman–Crippen MR) is 187 cm³/mol. The maximum atomic E-state index is 10.0. The number of nitrogens with zero attached hydrogens (tertiary/aromatic N) is 3. The van der Waals surface area contributed by atoms with Crippen LogP contribution < -0.4 is 0 Å². The molecule has 0 amide bonds. The quantitative estimate of drug-likeness (QED) is 0.212. The number of hydrogen-bond acceptors (Lipinski definition) is 2. The Morgan fingerprint density at radius 1 is 0.467 bits per heavy atom. The first-order valence-corrected chi connectivity index (χ1v) is 15.1. The number of fused-ring (bicyclic) bond motifs is 7. The summed E-state index contributed by atoms with van der Waals surface area (Å²) in [5, 5.41) is 18.1. The lowest BCUT2D eigenvalue weighted by atomic mass is 9.97. The Hall–Kier alpha value is -6.24. The van der Waals surface area contributed by atoms with Crippen molar-refractivity contribution in [2.75, 3.05) is 0 Å². The summed E-state index contributed by atoms with van der Waals surface area (Å²) in [5.41, 5.74) is 8.29. The summed E-state index contributed by atoms with van der Waals surface area (Å²) in [4.78, 5) is 5.06. The lowest BCUT2D eigenvalue weighted by Gasteiger charge is -2.10. The van der Waals surface area contributed by atoms with Crippen LogP contribution in [0.5, 0.6) is 0 Å². The molecule has 0 N–H and O–H groups in total. The van der Waals surface area contributed by atoms with Gasteiger partial charge in [0.25, 0.3) is 0 Å². The third-order valence-corrected chi connectivity index (χ3v) is 9.01. The summed E-state index contributed by atoms with van der Waals surface area (Å²) < 4.78 is 2.21. The van der Waals surface area contributed by atoms with Crippen LogP contribution in [0.4, 0.5) is 0 Å². The summed E-state index contributed by atoms with van der Waals surface area (Å²) in [5.74, 6) is 0.744. The molecule has 9 aromatic rings. The van der Waals surface area contributed by atoms with E-state index in [-0.39, 0.29) is 0 Å². The van der Waals surface area contributed by atoms with Crippen molar-refractivity contribution >= 4 is 54.3 Å². The van der Waals surface area contributed by atoms with Crippen molar-refractivity contribution in [2.24, 2.45) is 0 Å². The monoisotopic (exact) mass is 571 g/mol. The van der Waals surface area contributed by atoms with Crippen molar-refractivity contribution in [1.82, 2.24) is 9.55 Å². The topological polar surface area (TPSA) is 41.6 Å². The van der Waals surface area contributed by atoms with Gasteiger partial charge in [-0.2, -0.15) is 5.26 Å². The fourth-order valence-electron chi connectivity index (χ4n) is 6.81. The SMILES string of the molecule is N#Cc1cc(-n2c3ccc(-c4ccc(-c5ccc6ccccc6c5)cc4)cc3c3c4ccccc4ccc32)nc2ccccc12. The van der Waals surface area contributed by atoms with Crippen molar-refractivity contribution in [2.45, 2.75) is 0 Å². The molecule has 0 aliphatic carbocycles. The van der Waals surface area contributed by atoms with E-state index in [9.17, 15) is 5.26 Å². The lowest BCUT2D eigenvalue weighted by molar-refractivity contribution is 1.10. The maximum Gasteiger partial charge on any atom is 0.139 e. The van der Waals surface area contributed by atoms with Gasteiger partial charge in [0, 0.05) is 16.2 Å². The van der Waals surface area contributed by atoms with E-state index in [4.69, 9.17) is 4.98 Å². The van der Waals surface area contributed by atoms with Gasteiger partial charge in [0.2, 0.25) is 0 Å². The first-order chi connectivity index (χ1) is 22.2. The van der Waals surface area contributed by atoms with Crippen LogP contribution >= 0.6 is 0 Å². The van der Waals surface area contributed by atoms with E-state index >= 15 is 0 Å². The molecule has 208 valence electrons. The Kier molecular flexibility index (Phi) is 5.57. The summed E-state index contributed by atoms with van der Waals surface area (Å²) >= 11 is 0. The standard InChI is InChI=1S/C42H25N3/c43-26-34-25-41(44-38-12-6-5-10-35(34)38)45-39-21-20-33(24-37(39)42-36-11-4-3-8-30(36)19-22-40(42)45)29-15-13-28(14-16-29)32-18-17-27-7-1-2-9-31(27)23-32/h1-25H. The first kappa shape index (κ1) is 25.3. The zero-order valence-corrected chi connectivity index (χ0v) is 24.3. The van der Waals surface area contributed by atoms with Crippen molar-refractivity contribution in [3.05, 3.63) is 157 Å². The fraction of sp³-hybridized carbons (Fsp3) is 0. The first-order valence-electron chi connectivity index (χ1n) is 15.1. The van der Waals surface area contributed by atoms with Crippen LogP contribution in [-0.4, -0.2) is 9.55 Å². The van der Waals surface area contributed by atoms with Crippen LogP contribution in [-0.2, 0) is 0 Å². The van der Waals surface area contributed by atoms with Gasteiger partial charge in [-0.05, 0) is 80.2 Å². The Labute approximate surface area is 259 Å². The molecule has 0 saturated carbocycles. The lowest BCUT2D eigenvalue weighted by Crippen LogP contribution is -1.99. The number of pyridine rings is 1. The Balaban J connectivity index is 1.24. The minimum atomic E-state index is 0.620. The molecular weight excluding hydrogens is 546 g/mol. The Morgan fingerprint density at radius 3 is 1.87 bits per heavy atom. The van der Waals surface area contributed by atoms with Crippen molar-refractivity contribution in [1.29, 1.82) is 5.26 Å². The number of aromatic nitrogens is 2. The second-order valence-electron chi connectivity index (χ2n) is 11.5. The Morgan fingerprint density at radius 2 is 1.07 bits per heavy atom. The molecule has 45 heavy (non-hydrogen) atoms. The van der Waals surface area contributed by atoms with E-state index in [0.29, 0.717) is 5.56 Å². The highest BCUT2D eigenvalue weighted by atomic mass is 15.1. The molecule has 0 saturated heterocycles. The average molecular weight is 572 g/mol. The molecule has 7 aromatic carbocycles. The molecule has 0 bridgehead atoms. The number of para-hydroxylation sites is 1. The number of hydrogen-bond donors (Lipinski definition) is 0. The fourth-order valence-corrected chi connectivity index (χ4v) is 6.81. The summed E-state index contributed by atoms with van der Waals surface area (Å²) in [6.07, 6.45) is 0. The van der Waals surface area contributed by atoms with Gasteiger partial charge < -0.3 is 0 Å². The average Bonchev–Trinajstić information content (AvgIpc) is 3.45. The van der Waals surface area contributed by atoms with Gasteiger partial charge >= 0.3 is 0 Å². The third-order valence-electron chi connectivity index (χ3n) is 9.01. The van der Waals surface area contributed by atoms with Crippen LogP contribution in [0.1, 0.15) is 5.56 Å². The molecule has 9 rings (SSSR count). The van der Waals surface area contributed by atoms with Gasteiger partial charge in [-0.25, -0.2) is 4.98 Å². The van der Waals surface area contributed by atoms with Crippen LogP contribution in [0, 0.1) is 11.3 Å². The van der Waals surface area contributed by atoms with Crippen LogP contribution in [0.25, 0.3) is 82.3 Å². The normalized spacial score (nSPS) is 11.5. The number of rotatable bonds is 3. The largest absolute Gasteiger partial charge is 0.294 e. The molecule has 0 aliphatic heterocycles. The molecule has 0 fully saturated rings. The van der Waals surface area contributed by atoms with E-state index in [1.54, 1.807) is 0 Å². The highest BCUT2D eigenvalue weighted by Gasteiger charge is 2.18. The van der Waals surface area contributed by atoms with E-state index < -0.39 is 0 Å². The number of nitriles is 1. The molecule has 0 radical (unpaired) electrons. The highest BCUT2D eigenvalue weighted by molar-refractivity contribution is 6.21. The zero-order valence-electron chi connectivity index (χ0n) is 24.3. The molecule has 3 nitrogen and oxygen atoms in total. The van der Waals surface area contributed by atoms with E-state index in [0.717, 1.165) is 44.3 Å². The maximum absolute atomic E-state index is 10.0. The van der Waals surface area contributed by atoms with Gasteiger partial charge in [-0.1, -0.05) is 115 Å². The third kappa shape index (κ3) is 4.01.